The fourth-order valence-electron chi connectivity index (χ4n) is 4.66. The van der Waals surface area contributed by atoms with Crippen molar-refractivity contribution in [2.75, 3.05) is 0 Å². The minimum atomic E-state index is 0.0667. The number of hydrogen-bond acceptors (Lipinski definition) is 0. The summed E-state index contributed by atoms with van der Waals surface area (Å²) in [5, 5.41) is 0. The summed E-state index contributed by atoms with van der Waals surface area (Å²) in [6, 6.07) is 33.6. The SMILES string of the molecule is Cc1ccc(-c2ccc(Cc3ccc4c(c3)C(C)(C)c3ccccc3-4)cc2)cc1. The Hall–Kier alpha value is -3.12. The van der Waals surface area contributed by atoms with Crippen LogP contribution in [-0.2, 0) is 11.8 Å². The zero-order chi connectivity index (χ0) is 20.0. The van der Waals surface area contributed by atoms with Crippen molar-refractivity contribution in [3.63, 3.8) is 0 Å². The van der Waals surface area contributed by atoms with E-state index in [4.69, 9.17) is 0 Å². The second-order valence-electron chi connectivity index (χ2n) is 8.79. The zero-order valence-electron chi connectivity index (χ0n) is 17.4. The van der Waals surface area contributed by atoms with E-state index in [9.17, 15) is 0 Å². The van der Waals surface area contributed by atoms with Crippen molar-refractivity contribution in [3.8, 4) is 22.3 Å². The molecule has 1 aliphatic carbocycles. The van der Waals surface area contributed by atoms with Crippen LogP contribution in [0.2, 0.25) is 0 Å². The molecule has 0 aromatic heterocycles. The van der Waals surface area contributed by atoms with Crippen LogP contribution in [0.15, 0.2) is 91.0 Å². The summed E-state index contributed by atoms with van der Waals surface area (Å²) in [6.07, 6.45) is 0.966. The molecule has 0 bridgehead atoms. The van der Waals surface area contributed by atoms with Crippen LogP contribution in [0.3, 0.4) is 0 Å². The average Bonchev–Trinajstić information content (AvgIpc) is 2.97. The zero-order valence-corrected chi connectivity index (χ0v) is 17.4. The highest BCUT2D eigenvalue weighted by Crippen LogP contribution is 2.48. The molecule has 5 rings (SSSR count). The van der Waals surface area contributed by atoms with Crippen LogP contribution >= 0.6 is 0 Å². The molecule has 29 heavy (non-hydrogen) atoms. The highest BCUT2D eigenvalue weighted by Gasteiger charge is 2.34. The summed E-state index contributed by atoms with van der Waals surface area (Å²) >= 11 is 0. The lowest BCUT2D eigenvalue weighted by Crippen LogP contribution is -2.15. The minimum Gasteiger partial charge on any atom is -0.0619 e. The topological polar surface area (TPSA) is 0 Å². The average molecular weight is 375 g/mol. The highest BCUT2D eigenvalue weighted by atomic mass is 14.4. The molecular weight excluding hydrogens is 348 g/mol. The molecule has 0 radical (unpaired) electrons. The van der Waals surface area contributed by atoms with Crippen molar-refractivity contribution in [1.82, 2.24) is 0 Å². The van der Waals surface area contributed by atoms with Crippen LogP contribution in [0.5, 0.6) is 0 Å². The first kappa shape index (κ1) is 17.9. The number of hydrogen-bond donors (Lipinski definition) is 0. The molecule has 0 amide bonds. The van der Waals surface area contributed by atoms with Gasteiger partial charge in [-0.15, -0.1) is 0 Å². The van der Waals surface area contributed by atoms with Crippen molar-refractivity contribution in [2.24, 2.45) is 0 Å². The minimum absolute atomic E-state index is 0.0667. The Morgan fingerprint density at radius 1 is 0.586 bits per heavy atom. The van der Waals surface area contributed by atoms with Crippen LogP contribution in [0, 0.1) is 6.92 Å². The van der Waals surface area contributed by atoms with E-state index in [0.717, 1.165) is 6.42 Å². The summed E-state index contributed by atoms with van der Waals surface area (Å²) in [7, 11) is 0. The standard InChI is InChI=1S/C29H26/c1-20-8-13-23(14-9-20)24-15-10-21(11-16-24)18-22-12-17-26-25-6-4-5-7-27(25)29(2,3)28(26)19-22/h4-17,19H,18H2,1-3H3. The molecule has 0 fully saturated rings. The molecule has 4 aromatic rings. The van der Waals surface area contributed by atoms with E-state index in [-0.39, 0.29) is 5.41 Å². The number of fused-ring (bicyclic) bond motifs is 3. The van der Waals surface area contributed by atoms with Gasteiger partial charge in [-0.3, -0.25) is 0 Å². The van der Waals surface area contributed by atoms with Crippen molar-refractivity contribution >= 4 is 0 Å². The summed E-state index contributed by atoms with van der Waals surface area (Å²) < 4.78 is 0. The first-order valence-corrected chi connectivity index (χ1v) is 10.4. The Labute approximate surface area is 173 Å². The predicted octanol–water partition coefficient (Wildman–Crippen LogP) is 7.56. The molecular formula is C29H26. The predicted molar refractivity (Wildman–Crippen MR) is 123 cm³/mol. The highest BCUT2D eigenvalue weighted by molar-refractivity contribution is 5.81. The molecule has 0 atom stereocenters. The molecule has 0 N–H and O–H groups in total. The van der Waals surface area contributed by atoms with Crippen molar-refractivity contribution in [3.05, 3.63) is 119 Å². The Bertz CT molecular complexity index is 1180. The third-order valence-electron chi connectivity index (χ3n) is 6.39. The van der Waals surface area contributed by atoms with E-state index in [1.54, 1.807) is 0 Å². The van der Waals surface area contributed by atoms with Gasteiger partial charge in [-0.2, -0.15) is 0 Å². The monoisotopic (exact) mass is 374 g/mol. The first-order chi connectivity index (χ1) is 14.0. The largest absolute Gasteiger partial charge is 0.0619 e. The van der Waals surface area contributed by atoms with Gasteiger partial charge in [-0.1, -0.05) is 110 Å². The number of benzene rings is 4. The van der Waals surface area contributed by atoms with Gasteiger partial charge in [-0.05, 0) is 57.9 Å². The van der Waals surface area contributed by atoms with Crippen molar-refractivity contribution in [1.29, 1.82) is 0 Å². The van der Waals surface area contributed by atoms with Gasteiger partial charge in [0.05, 0.1) is 0 Å². The van der Waals surface area contributed by atoms with Gasteiger partial charge in [0, 0.05) is 5.41 Å². The van der Waals surface area contributed by atoms with Gasteiger partial charge >= 0.3 is 0 Å². The van der Waals surface area contributed by atoms with E-state index in [1.807, 2.05) is 0 Å². The Morgan fingerprint density at radius 3 is 1.90 bits per heavy atom. The van der Waals surface area contributed by atoms with E-state index >= 15 is 0 Å². The molecule has 0 heterocycles. The Kier molecular flexibility index (Phi) is 4.17. The van der Waals surface area contributed by atoms with E-state index in [1.165, 1.54) is 50.1 Å². The molecule has 0 spiro atoms. The second-order valence-corrected chi connectivity index (χ2v) is 8.79. The molecule has 142 valence electrons. The lowest BCUT2D eigenvalue weighted by atomic mass is 9.81. The quantitative estimate of drug-likeness (QED) is 0.347. The van der Waals surface area contributed by atoms with Crippen LogP contribution in [0.4, 0.5) is 0 Å². The fourth-order valence-corrected chi connectivity index (χ4v) is 4.66. The lowest BCUT2D eigenvalue weighted by molar-refractivity contribution is 0.659. The van der Waals surface area contributed by atoms with Crippen LogP contribution in [-0.4, -0.2) is 0 Å². The smallest absolute Gasteiger partial charge is 0.0158 e. The van der Waals surface area contributed by atoms with E-state index < -0.39 is 0 Å². The van der Waals surface area contributed by atoms with Crippen LogP contribution < -0.4 is 0 Å². The second kappa shape index (κ2) is 6.74. The van der Waals surface area contributed by atoms with Crippen LogP contribution in [0.1, 0.15) is 41.7 Å². The Morgan fingerprint density at radius 2 is 1.17 bits per heavy atom. The molecule has 0 aliphatic heterocycles. The van der Waals surface area contributed by atoms with Gasteiger partial charge in [0.15, 0.2) is 0 Å². The maximum Gasteiger partial charge on any atom is 0.0158 e. The van der Waals surface area contributed by atoms with Gasteiger partial charge in [-0.25, -0.2) is 0 Å². The Balaban J connectivity index is 1.42. The van der Waals surface area contributed by atoms with Crippen molar-refractivity contribution in [2.45, 2.75) is 32.6 Å². The molecule has 0 saturated heterocycles. The summed E-state index contributed by atoms with van der Waals surface area (Å²) in [5.41, 5.74) is 12.3. The third kappa shape index (κ3) is 3.09. The maximum absolute atomic E-state index is 2.42. The summed E-state index contributed by atoms with van der Waals surface area (Å²) in [5.74, 6) is 0. The van der Waals surface area contributed by atoms with Gasteiger partial charge in [0.25, 0.3) is 0 Å². The first-order valence-electron chi connectivity index (χ1n) is 10.4. The molecule has 0 unspecified atom stereocenters. The summed E-state index contributed by atoms with van der Waals surface area (Å²) in [6.45, 7) is 6.82. The van der Waals surface area contributed by atoms with Crippen molar-refractivity contribution < 1.29 is 0 Å². The van der Waals surface area contributed by atoms with Gasteiger partial charge < -0.3 is 0 Å². The number of aryl methyl sites for hydroxylation is 1. The molecule has 4 aromatic carbocycles. The van der Waals surface area contributed by atoms with E-state index in [2.05, 4.69) is 112 Å². The van der Waals surface area contributed by atoms with Gasteiger partial charge in [0.1, 0.15) is 0 Å². The fraction of sp³-hybridized carbons (Fsp3) is 0.172. The third-order valence-corrected chi connectivity index (χ3v) is 6.39. The molecule has 1 aliphatic rings. The van der Waals surface area contributed by atoms with E-state index in [0.29, 0.717) is 0 Å². The normalized spacial score (nSPS) is 13.8. The molecule has 0 saturated carbocycles. The molecule has 0 nitrogen and oxygen atoms in total. The van der Waals surface area contributed by atoms with Gasteiger partial charge in [0.2, 0.25) is 0 Å². The maximum atomic E-state index is 2.42. The summed E-state index contributed by atoms with van der Waals surface area (Å²) in [4.78, 5) is 0. The van der Waals surface area contributed by atoms with Crippen LogP contribution in [0.25, 0.3) is 22.3 Å². The lowest BCUT2D eigenvalue weighted by Gasteiger charge is -2.22. The number of rotatable bonds is 3. The molecule has 0 heteroatoms.